The number of esters is 1. The van der Waals surface area contributed by atoms with Gasteiger partial charge < -0.3 is 19.2 Å². The van der Waals surface area contributed by atoms with E-state index < -0.39 is 35.4 Å². The molecule has 9 heteroatoms. The molecule has 1 aromatic carbocycles. The molecule has 0 aliphatic carbocycles. The van der Waals surface area contributed by atoms with Gasteiger partial charge in [-0.05, 0) is 47.1 Å². The van der Waals surface area contributed by atoms with Gasteiger partial charge in [0.1, 0.15) is 23.0 Å². The van der Waals surface area contributed by atoms with Crippen molar-refractivity contribution in [2.75, 3.05) is 11.9 Å². The van der Waals surface area contributed by atoms with Crippen LogP contribution in [-0.4, -0.2) is 42.0 Å². The van der Waals surface area contributed by atoms with Gasteiger partial charge >= 0.3 is 12.1 Å². The maximum absolute atomic E-state index is 13.2. The molecule has 0 fully saturated rings. The highest BCUT2D eigenvalue weighted by Gasteiger charge is 2.31. The Morgan fingerprint density at radius 2 is 1.70 bits per heavy atom. The van der Waals surface area contributed by atoms with Gasteiger partial charge in [-0.3, -0.25) is 14.9 Å². The van der Waals surface area contributed by atoms with Gasteiger partial charge in [0, 0.05) is 6.42 Å². The Morgan fingerprint density at radius 3 is 2.24 bits per heavy atom. The summed E-state index contributed by atoms with van der Waals surface area (Å²) < 4.78 is 15.9. The SMILES string of the molecule is CCOC(=O)c1c(NC(=O)C(Cc2ccccc2)NC(=O)OC(C)(C)C)oc(C)c1C(C)=O. The third kappa shape index (κ3) is 7.20. The van der Waals surface area contributed by atoms with E-state index in [2.05, 4.69) is 10.6 Å². The summed E-state index contributed by atoms with van der Waals surface area (Å²) in [5, 5.41) is 5.09. The van der Waals surface area contributed by atoms with Crippen LogP contribution in [0, 0.1) is 6.92 Å². The number of aryl methyl sites for hydroxylation is 1. The first-order valence-corrected chi connectivity index (χ1v) is 10.6. The molecule has 0 saturated carbocycles. The van der Waals surface area contributed by atoms with Crippen LogP contribution in [0.25, 0.3) is 0 Å². The maximum atomic E-state index is 13.2. The minimum Gasteiger partial charge on any atom is -0.462 e. The lowest BCUT2D eigenvalue weighted by Gasteiger charge is -2.23. The average molecular weight is 459 g/mol. The zero-order chi connectivity index (χ0) is 24.8. The number of carbonyl (C=O) groups is 4. The second kappa shape index (κ2) is 10.8. The number of rotatable bonds is 8. The molecule has 2 rings (SSSR count). The standard InChI is InChI=1S/C24H30N2O7/c1-7-31-22(29)19-18(14(2)27)15(3)32-21(19)26-20(28)17(13-16-11-9-8-10-12-16)25-23(30)33-24(4,5)6/h8-12,17H,7,13H2,1-6H3,(H,25,30)(H,26,28). The minimum absolute atomic E-state index is 0.0310. The summed E-state index contributed by atoms with van der Waals surface area (Å²) in [4.78, 5) is 50.1. The number of anilines is 1. The summed E-state index contributed by atoms with van der Waals surface area (Å²) in [6.07, 6.45) is -0.621. The molecule has 2 aromatic rings. The van der Waals surface area contributed by atoms with Crippen molar-refractivity contribution in [3.8, 4) is 0 Å². The fraction of sp³-hybridized carbons (Fsp3) is 0.417. The summed E-state index contributed by atoms with van der Waals surface area (Å²) in [5.41, 5.74) is -0.0996. The van der Waals surface area contributed by atoms with Crippen molar-refractivity contribution in [3.05, 3.63) is 52.8 Å². The summed E-state index contributed by atoms with van der Waals surface area (Å²) in [7, 11) is 0. The van der Waals surface area contributed by atoms with Crippen LogP contribution in [0.2, 0.25) is 0 Å². The van der Waals surface area contributed by atoms with E-state index in [9.17, 15) is 19.2 Å². The molecule has 178 valence electrons. The van der Waals surface area contributed by atoms with E-state index in [1.165, 1.54) is 13.8 Å². The molecule has 33 heavy (non-hydrogen) atoms. The quantitative estimate of drug-likeness (QED) is 0.452. The van der Waals surface area contributed by atoms with E-state index in [0.29, 0.717) is 0 Å². The van der Waals surface area contributed by atoms with Crippen LogP contribution < -0.4 is 10.6 Å². The number of Topliss-reactive ketones (excluding diaryl/α,β-unsaturated/α-hetero) is 1. The van der Waals surface area contributed by atoms with E-state index in [0.717, 1.165) is 5.56 Å². The number of amides is 2. The van der Waals surface area contributed by atoms with Gasteiger partial charge in [-0.15, -0.1) is 0 Å². The molecule has 0 aliphatic rings. The average Bonchev–Trinajstić information content (AvgIpc) is 3.03. The van der Waals surface area contributed by atoms with Crippen LogP contribution in [0.15, 0.2) is 34.7 Å². The number of ketones is 1. The van der Waals surface area contributed by atoms with E-state index in [4.69, 9.17) is 13.9 Å². The van der Waals surface area contributed by atoms with Gasteiger partial charge in [-0.1, -0.05) is 30.3 Å². The summed E-state index contributed by atoms with van der Waals surface area (Å²) in [6.45, 7) is 9.62. The molecule has 0 aliphatic heterocycles. The van der Waals surface area contributed by atoms with Crippen LogP contribution in [-0.2, 0) is 20.7 Å². The second-order valence-corrected chi connectivity index (χ2v) is 8.39. The molecular formula is C24H30N2O7. The predicted octanol–water partition coefficient (Wildman–Crippen LogP) is 4.04. The molecule has 2 N–H and O–H groups in total. The lowest BCUT2D eigenvalue weighted by molar-refractivity contribution is -0.118. The molecule has 0 spiro atoms. The highest BCUT2D eigenvalue weighted by molar-refractivity contribution is 6.11. The Bertz CT molecular complexity index is 1020. The van der Waals surface area contributed by atoms with Crippen molar-refractivity contribution in [2.45, 2.75) is 59.6 Å². The summed E-state index contributed by atoms with van der Waals surface area (Å²) in [6, 6.07) is 8.03. The van der Waals surface area contributed by atoms with E-state index in [-0.39, 0.29) is 35.8 Å². The molecule has 0 bridgehead atoms. The Labute approximate surface area is 192 Å². The number of hydrogen-bond acceptors (Lipinski definition) is 7. The van der Waals surface area contributed by atoms with Crippen molar-refractivity contribution in [3.63, 3.8) is 0 Å². The first-order chi connectivity index (χ1) is 15.4. The number of furan rings is 1. The van der Waals surface area contributed by atoms with Gasteiger partial charge in [0.25, 0.3) is 0 Å². The lowest BCUT2D eigenvalue weighted by Crippen LogP contribution is -2.47. The van der Waals surface area contributed by atoms with Crippen molar-refractivity contribution >= 4 is 29.6 Å². The summed E-state index contributed by atoms with van der Waals surface area (Å²) in [5.74, 6) is -1.91. The maximum Gasteiger partial charge on any atom is 0.408 e. The van der Waals surface area contributed by atoms with Gasteiger partial charge in [-0.2, -0.15) is 0 Å². The van der Waals surface area contributed by atoms with Crippen molar-refractivity contribution in [1.82, 2.24) is 5.32 Å². The minimum atomic E-state index is -1.05. The molecule has 1 aromatic heterocycles. The Hall–Kier alpha value is -3.62. The third-order valence-corrected chi connectivity index (χ3v) is 4.44. The Balaban J connectivity index is 2.36. The topological polar surface area (TPSA) is 124 Å². The fourth-order valence-electron chi connectivity index (χ4n) is 3.16. The predicted molar refractivity (Wildman–Crippen MR) is 121 cm³/mol. The third-order valence-electron chi connectivity index (χ3n) is 4.44. The highest BCUT2D eigenvalue weighted by Crippen LogP contribution is 2.29. The Morgan fingerprint density at radius 1 is 1.06 bits per heavy atom. The van der Waals surface area contributed by atoms with Crippen molar-refractivity contribution in [2.24, 2.45) is 0 Å². The van der Waals surface area contributed by atoms with Crippen LogP contribution in [0.3, 0.4) is 0 Å². The van der Waals surface area contributed by atoms with Crippen LogP contribution in [0.1, 0.15) is 66.7 Å². The molecule has 0 radical (unpaired) electrons. The molecule has 1 unspecified atom stereocenters. The summed E-state index contributed by atoms with van der Waals surface area (Å²) >= 11 is 0. The number of alkyl carbamates (subject to hydrolysis) is 1. The van der Waals surface area contributed by atoms with Gasteiger partial charge in [0.15, 0.2) is 5.78 Å². The van der Waals surface area contributed by atoms with Crippen molar-refractivity contribution < 1.29 is 33.1 Å². The van der Waals surface area contributed by atoms with Gasteiger partial charge in [-0.25, -0.2) is 9.59 Å². The molecule has 9 nitrogen and oxygen atoms in total. The zero-order valence-corrected chi connectivity index (χ0v) is 19.7. The van der Waals surface area contributed by atoms with Crippen LogP contribution in [0.4, 0.5) is 10.7 Å². The largest absolute Gasteiger partial charge is 0.462 e. The molecule has 1 atom stereocenters. The van der Waals surface area contributed by atoms with E-state index in [1.54, 1.807) is 27.7 Å². The van der Waals surface area contributed by atoms with Gasteiger partial charge in [0.2, 0.25) is 11.8 Å². The number of nitrogens with one attached hydrogen (secondary N) is 2. The normalized spacial score (nSPS) is 11.9. The second-order valence-electron chi connectivity index (χ2n) is 8.39. The van der Waals surface area contributed by atoms with Crippen molar-refractivity contribution in [1.29, 1.82) is 0 Å². The number of carbonyl (C=O) groups excluding carboxylic acids is 4. The first kappa shape index (κ1) is 25.6. The smallest absolute Gasteiger partial charge is 0.408 e. The monoisotopic (exact) mass is 458 g/mol. The lowest BCUT2D eigenvalue weighted by atomic mass is 10.0. The number of hydrogen-bond donors (Lipinski definition) is 2. The first-order valence-electron chi connectivity index (χ1n) is 10.6. The van der Waals surface area contributed by atoms with E-state index >= 15 is 0 Å². The van der Waals surface area contributed by atoms with Crippen LogP contribution in [0.5, 0.6) is 0 Å². The molecule has 2 amide bonds. The van der Waals surface area contributed by atoms with Crippen LogP contribution >= 0.6 is 0 Å². The van der Waals surface area contributed by atoms with E-state index in [1.807, 2.05) is 30.3 Å². The zero-order valence-electron chi connectivity index (χ0n) is 19.7. The highest BCUT2D eigenvalue weighted by atomic mass is 16.6. The number of benzene rings is 1. The van der Waals surface area contributed by atoms with Gasteiger partial charge in [0.05, 0.1) is 12.2 Å². The number of ether oxygens (including phenoxy) is 2. The molecule has 1 heterocycles. The molecular weight excluding hydrogens is 428 g/mol. The molecule has 0 saturated heterocycles. The Kier molecular flexibility index (Phi) is 8.39. The fourth-order valence-corrected chi connectivity index (χ4v) is 3.16.